The molecule has 5 heteroatoms. The molecule has 0 bridgehead atoms. The summed E-state index contributed by atoms with van der Waals surface area (Å²) in [5, 5.41) is 0.0939. The molecule has 0 radical (unpaired) electrons. The Morgan fingerprint density at radius 3 is 3.33 bits per heavy atom. The Balaban J connectivity index is 2.11. The summed E-state index contributed by atoms with van der Waals surface area (Å²) in [7, 11) is 0. The van der Waals surface area contributed by atoms with Gasteiger partial charge in [-0.05, 0) is 25.0 Å². The number of hydrogen-bond acceptors (Lipinski definition) is 5. The number of allylic oxidation sites excluding steroid dienone is 1. The SMILES string of the molecule is CCOC(=O)C1=CC2=C(CO1)SC(N)C2. The van der Waals surface area contributed by atoms with E-state index in [2.05, 4.69) is 0 Å². The molecule has 2 heterocycles. The molecule has 0 aromatic heterocycles. The molecular weight excluding hydrogens is 214 g/mol. The number of hydrogen-bond donors (Lipinski definition) is 1. The fraction of sp³-hybridized carbons (Fsp3) is 0.500. The summed E-state index contributed by atoms with van der Waals surface area (Å²) in [6.45, 7) is 2.57. The van der Waals surface area contributed by atoms with Gasteiger partial charge in [0.2, 0.25) is 5.76 Å². The molecule has 2 rings (SSSR count). The molecule has 0 fully saturated rings. The van der Waals surface area contributed by atoms with E-state index in [-0.39, 0.29) is 5.37 Å². The van der Waals surface area contributed by atoms with Gasteiger partial charge in [-0.1, -0.05) is 0 Å². The van der Waals surface area contributed by atoms with E-state index in [4.69, 9.17) is 15.2 Å². The maximum Gasteiger partial charge on any atom is 0.373 e. The van der Waals surface area contributed by atoms with Crippen LogP contribution < -0.4 is 5.73 Å². The first kappa shape index (κ1) is 10.6. The van der Waals surface area contributed by atoms with Crippen molar-refractivity contribution in [3.8, 4) is 0 Å². The van der Waals surface area contributed by atoms with Crippen molar-refractivity contribution in [3.63, 3.8) is 0 Å². The minimum atomic E-state index is -0.394. The summed E-state index contributed by atoms with van der Waals surface area (Å²) in [5.41, 5.74) is 6.91. The molecule has 0 aromatic rings. The topological polar surface area (TPSA) is 61.5 Å². The van der Waals surface area contributed by atoms with E-state index in [9.17, 15) is 4.79 Å². The highest BCUT2D eigenvalue weighted by Crippen LogP contribution is 2.39. The van der Waals surface area contributed by atoms with Crippen molar-refractivity contribution in [2.45, 2.75) is 18.7 Å². The number of ether oxygens (including phenoxy) is 2. The first-order chi connectivity index (χ1) is 7.20. The molecule has 0 saturated heterocycles. The monoisotopic (exact) mass is 227 g/mol. The highest BCUT2D eigenvalue weighted by molar-refractivity contribution is 8.03. The third-order valence-electron chi connectivity index (χ3n) is 2.21. The van der Waals surface area contributed by atoms with Crippen molar-refractivity contribution in [2.75, 3.05) is 13.2 Å². The van der Waals surface area contributed by atoms with Crippen LogP contribution in [0.2, 0.25) is 0 Å². The Labute approximate surface area is 92.5 Å². The fourth-order valence-electron chi connectivity index (χ4n) is 1.56. The third-order valence-corrected chi connectivity index (χ3v) is 3.35. The summed E-state index contributed by atoms with van der Waals surface area (Å²) < 4.78 is 10.2. The normalized spacial score (nSPS) is 24.4. The number of nitrogens with two attached hydrogens (primary N) is 1. The van der Waals surface area contributed by atoms with Crippen LogP contribution in [-0.4, -0.2) is 24.6 Å². The lowest BCUT2D eigenvalue weighted by molar-refractivity contribution is -0.142. The van der Waals surface area contributed by atoms with Gasteiger partial charge in [0.1, 0.15) is 6.61 Å². The highest BCUT2D eigenvalue weighted by atomic mass is 32.2. The zero-order valence-electron chi connectivity index (χ0n) is 8.49. The number of rotatable bonds is 2. The number of esters is 1. The molecule has 0 spiro atoms. The third kappa shape index (κ3) is 2.18. The lowest BCUT2D eigenvalue weighted by atomic mass is 10.1. The molecule has 2 N–H and O–H groups in total. The van der Waals surface area contributed by atoms with Crippen molar-refractivity contribution < 1.29 is 14.3 Å². The van der Waals surface area contributed by atoms with Crippen LogP contribution in [0.5, 0.6) is 0 Å². The minimum Gasteiger partial charge on any atom is -0.481 e. The van der Waals surface area contributed by atoms with Crippen molar-refractivity contribution in [1.29, 1.82) is 0 Å². The summed E-state index contributed by atoms with van der Waals surface area (Å²) in [6.07, 6.45) is 2.54. The number of thioether (sulfide) groups is 1. The van der Waals surface area contributed by atoms with Crippen LogP contribution in [0, 0.1) is 0 Å². The van der Waals surface area contributed by atoms with Crippen LogP contribution in [0.4, 0.5) is 0 Å². The lowest BCUT2D eigenvalue weighted by Crippen LogP contribution is -2.14. The van der Waals surface area contributed by atoms with E-state index in [1.54, 1.807) is 24.8 Å². The predicted octanol–water partition coefficient (Wildman–Crippen LogP) is 1.14. The molecule has 0 amide bonds. The Morgan fingerprint density at radius 1 is 1.80 bits per heavy atom. The van der Waals surface area contributed by atoms with E-state index in [0.717, 1.165) is 16.9 Å². The number of carbonyl (C=O) groups is 1. The second-order valence-electron chi connectivity index (χ2n) is 3.33. The maximum atomic E-state index is 11.4. The molecular formula is C10H13NO3S. The van der Waals surface area contributed by atoms with Gasteiger partial charge in [0.25, 0.3) is 0 Å². The Kier molecular flexibility index (Phi) is 3.02. The first-order valence-corrected chi connectivity index (χ1v) is 5.74. The number of carbonyl (C=O) groups excluding carboxylic acids is 1. The minimum absolute atomic E-state index is 0.0939. The van der Waals surface area contributed by atoms with Crippen LogP contribution in [0.3, 0.4) is 0 Å². The van der Waals surface area contributed by atoms with Crippen molar-refractivity contribution in [2.24, 2.45) is 5.73 Å². The fourth-order valence-corrected chi connectivity index (χ4v) is 2.61. The average Bonchev–Trinajstić information content (AvgIpc) is 2.57. The first-order valence-electron chi connectivity index (χ1n) is 4.86. The van der Waals surface area contributed by atoms with Crippen LogP contribution >= 0.6 is 11.8 Å². The Hall–Kier alpha value is -0.940. The van der Waals surface area contributed by atoms with Gasteiger partial charge in [0, 0.05) is 4.91 Å². The Morgan fingerprint density at radius 2 is 2.60 bits per heavy atom. The Bertz CT molecular complexity index is 349. The molecule has 0 aliphatic carbocycles. The van der Waals surface area contributed by atoms with Gasteiger partial charge in [0.05, 0.1) is 12.0 Å². The molecule has 0 aromatic carbocycles. The van der Waals surface area contributed by atoms with Crippen LogP contribution in [0.15, 0.2) is 22.3 Å². The largest absolute Gasteiger partial charge is 0.481 e. The van der Waals surface area contributed by atoms with Gasteiger partial charge in [0.15, 0.2) is 0 Å². The van der Waals surface area contributed by atoms with Crippen LogP contribution in [-0.2, 0) is 14.3 Å². The van der Waals surface area contributed by atoms with E-state index in [1.165, 1.54) is 0 Å². The molecule has 1 unspecified atom stereocenters. The van der Waals surface area contributed by atoms with Gasteiger partial charge < -0.3 is 15.2 Å². The molecule has 15 heavy (non-hydrogen) atoms. The molecule has 82 valence electrons. The zero-order valence-corrected chi connectivity index (χ0v) is 9.30. The van der Waals surface area contributed by atoms with E-state index in [0.29, 0.717) is 19.0 Å². The average molecular weight is 227 g/mol. The van der Waals surface area contributed by atoms with Gasteiger partial charge >= 0.3 is 5.97 Å². The van der Waals surface area contributed by atoms with E-state index >= 15 is 0 Å². The second kappa shape index (κ2) is 4.28. The van der Waals surface area contributed by atoms with Crippen molar-refractivity contribution in [3.05, 3.63) is 22.3 Å². The predicted molar refractivity (Wildman–Crippen MR) is 57.9 cm³/mol. The quantitative estimate of drug-likeness (QED) is 0.717. The molecule has 0 saturated carbocycles. The van der Waals surface area contributed by atoms with Gasteiger partial charge in [-0.3, -0.25) is 0 Å². The van der Waals surface area contributed by atoms with Gasteiger partial charge in [-0.25, -0.2) is 4.79 Å². The standard InChI is InChI=1S/C10H13NO3S/c1-2-13-10(12)7-3-6-4-9(11)15-8(6)5-14-7/h3,9H,2,4-5,11H2,1H3. The summed E-state index contributed by atoms with van der Waals surface area (Å²) >= 11 is 1.61. The smallest absolute Gasteiger partial charge is 0.373 e. The zero-order chi connectivity index (χ0) is 10.8. The molecule has 2 aliphatic rings. The van der Waals surface area contributed by atoms with Crippen LogP contribution in [0.25, 0.3) is 0 Å². The van der Waals surface area contributed by atoms with E-state index < -0.39 is 5.97 Å². The van der Waals surface area contributed by atoms with Gasteiger partial charge in [-0.15, -0.1) is 11.8 Å². The highest BCUT2D eigenvalue weighted by Gasteiger charge is 2.27. The van der Waals surface area contributed by atoms with Crippen molar-refractivity contribution >= 4 is 17.7 Å². The maximum absolute atomic E-state index is 11.4. The lowest BCUT2D eigenvalue weighted by Gasteiger charge is -2.15. The molecule has 1 atom stereocenters. The van der Waals surface area contributed by atoms with Crippen molar-refractivity contribution in [1.82, 2.24) is 0 Å². The second-order valence-corrected chi connectivity index (χ2v) is 4.66. The van der Waals surface area contributed by atoms with E-state index in [1.807, 2.05) is 0 Å². The molecule has 4 nitrogen and oxygen atoms in total. The summed E-state index contributed by atoms with van der Waals surface area (Å²) in [6, 6.07) is 0. The molecule has 2 aliphatic heterocycles. The van der Waals surface area contributed by atoms with Gasteiger partial charge in [-0.2, -0.15) is 0 Å². The summed E-state index contributed by atoms with van der Waals surface area (Å²) in [5.74, 6) is -0.0974. The summed E-state index contributed by atoms with van der Waals surface area (Å²) in [4.78, 5) is 12.5. The van der Waals surface area contributed by atoms with Crippen LogP contribution in [0.1, 0.15) is 13.3 Å².